The maximum Gasteiger partial charge on any atom is 0.209 e. The van der Waals surface area contributed by atoms with Crippen LogP contribution in [0.15, 0.2) is 47.5 Å². The highest BCUT2D eigenvalue weighted by Crippen LogP contribution is 2.12. The van der Waals surface area contributed by atoms with Gasteiger partial charge in [-0.1, -0.05) is 18.2 Å². The summed E-state index contributed by atoms with van der Waals surface area (Å²) in [4.78, 5) is 4.69. The average Bonchev–Trinajstić information content (AvgIpc) is 2.31. The van der Waals surface area contributed by atoms with Crippen molar-refractivity contribution in [2.75, 3.05) is 0 Å². The van der Waals surface area contributed by atoms with E-state index >= 15 is 0 Å². The smallest absolute Gasteiger partial charge is 0.209 e. The molecule has 1 aliphatic heterocycles. The summed E-state index contributed by atoms with van der Waals surface area (Å²) in [6.07, 6.45) is 4.68. The fourth-order valence-corrected chi connectivity index (χ4v) is 1.41. The molecule has 0 saturated carbocycles. The maximum atomic E-state index is 10.4. The van der Waals surface area contributed by atoms with Gasteiger partial charge < -0.3 is 4.74 Å². The van der Waals surface area contributed by atoms with Gasteiger partial charge >= 0.3 is 0 Å². The van der Waals surface area contributed by atoms with Gasteiger partial charge in [0.25, 0.3) is 0 Å². The SMILES string of the molecule is O=S=C1C=CC(Oc2ccccc2)N=C1. The zero-order valence-corrected chi connectivity index (χ0v) is 8.68. The quantitative estimate of drug-likeness (QED) is 0.705. The van der Waals surface area contributed by atoms with E-state index in [9.17, 15) is 4.21 Å². The van der Waals surface area contributed by atoms with Crippen LogP contribution in [0.1, 0.15) is 0 Å². The van der Waals surface area contributed by atoms with Gasteiger partial charge in [-0.05, 0) is 24.3 Å². The van der Waals surface area contributed by atoms with E-state index in [1.807, 2.05) is 30.3 Å². The van der Waals surface area contributed by atoms with Crippen LogP contribution in [-0.4, -0.2) is 21.5 Å². The Kier molecular flexibility index (Phi) is 3.09. The molecule has 1 heterocycles. The number of rotatable bonds is 2. The van der Waals surface area contributed by atoms with Crippen LogP contribution in [0, 0.1) is 0 Å². The van der Waals surface area contributed by atoms with Crippen LogP contribution >= 0.6 is 0 Å². The third-order valence-corrected chi connectivity index (χ3v) is 2.30. The van der Waals surface area contributed by atoms with E-state index in [0.29, 0.717) is 16.1 Å². The molecular weight excluding hydrogens is 210 g/mol. The topological polar surface area (TPSA) is 38.7 Å². The molecule has 1 aliphatic rings. The van der Waals surface area contributed by atoms with Gasteiger partial charge in [0.15, 0.2) is 0 Å². The van der Waals surface area contributed by atoms with Crippen LogP contribution in [-0.2, 0) is 11.3 Å². The minimum atomic E-state index is -0.330. The summed E-state index contributed by atoms with van der Waals surface area (Å²) in [5.74, 6) is 0.766. The second kappa shape index (κ2) is 4.70. The third kappa shape index (κ3) is 2.63. The number of dihydropyridines is 1. The predicted octanol–water partition coefficient (Wildman–Crippen LogP) is 1.42. The predicted molar refractivity (Wildman–Crippen MR) is 61.6 cm³/mol. The third-order valence-electron chi connectivity index (χ3n) is 1.87. The fourth-order valence-electron chi connectivity index (χ4n) is 1.17. The monoisotopic (exact) mass is 219 g/mol. The minimum absolute atomic E-state index is 0.330. The summed E-state index contributed by atoms with van der Waals surface area (Å²) in [5.41, 5.74) is 0. The number of ether oxygens (including phenoxy) is 1. The van der Waals surface area contributed by atoms with Crippen LogP contribution in [0.4, 0.5) is 0 Å². The van der Waals surface area contributed by atoms with Gasteiger partial charge in [0, 0.05) is 6.21 Å². The molecule has 0 saturated heterocycles. The van der Waals surface area contributed by atoms with Crippen molar-refractivity contribution in [3.63, 3.8) is 0 Å². The summed E-state index contributed by atoms with van der Waals surface area (Å²) in [5, 5.41) is 0. The summed E-state index contributed by atoms with van der Waals surface area (Å²) in [7, 11) is 0. The lowest BCUT2D eigenvalue weighted by Gasteiger charge is -2.13. The second-order valence-electron chi connectivity index (χ2n) is 2.94. The van der Waals surface area contributed by atoms with Crippen LogP contribution in [0.3, 0.4) is 0 Å². The van der Waals surface area contributed by atoms with Crippen molar-refractivity contribution in [3.05, 3.63) is 42.5 Å². The first-order chi connectivity index (χ1) is 7.38. The molecule has 1 atom stereocenters. The van der Waals surface area contributed by atoms with Crippen molar-refractivity contribution in [3.8, 4) is 5.75 Å². The van der Waals surface area contributed by atoms with Crippen molar-refractivity contribution in [1.82, 2.24) is 0 Å². The molecule has 0 spiro atoms. The van der Waals surface area contributed by atoms with Crippen molar-refractivity contribution in [2.24, 2.45) is 4.99 Å². The van der Waals surface area contributed by atoms with Gasteiger partial charge in [0.1, 0.15) is 5.75 Å². The first kappa shape index (κ1) is 9.86. The largest absolute Gasteiger partial charge is 0.465 e. The van der Waals surface area contributed by atoms with Crippen molar-refractivity contribution in [2.45, 2.75) is 6.23 Å². The molecule has 1 aromatic rings. The Morgan fingerprint density at radius 1 is 1.27 bits per heavy atom. The molecular formula is C11H9NO2S. The average molecular weight is 219 g/mol. The minimum Gasteiger partial charge on any atom is -0.465 e. The van der Waals surface area contributed by atoms with Crippen LogP contribution in [0.2, 0.25) is 0 Å². The summed E-state index contributed by atoms with van der Waals surface area (Å²) in [6.45, 7) is 0. The van der Waals surface area contributed by atoms with Crippen molar-refractivity contribution < 1.29 is 8.95 Å². The van der Waals surface area contributed by atoms with Gasteiger partial charge in [0.05, 0.1) is 16.1 Å². The van der Waals surface area contributed by atoms with E-state index in [0.717, 1.165) is 5.75 Å². The first-order valence-corrected chi connectivity index (χ1v) is 5.22. The number of allylic oxidation sites excluding steroid dienone is 1. The molecule has 0 fully saturated rings. The molecule has 0 bridgehead atoms. The van der Waals surface area contributed by atoms with Gasteiger partial charge in [-0.2, -0.15) is 0 Å². The number of para-hydroxylation sites is 1. The van der Waals surface area contributed by atoms with Crippen LogP contribution in [0.5, 0.6) is 5.75 Å². The molecule has 0 N–H and O–H groups in total. The summed E-state index contributed by atoms with van der Waals surface area (Å²) < 4.78 is 16.0. The molecule has 4 heteroatoms. The number of benzene rings is 1. The molecule has 3 nitrogen and oxygen atoms in total. The normalized spacial score (nSPS) is 18.9. The Morgan fingerprint density at radius 2 is 2.07 bits per heavy atom. The lowest BCUT2D eigenvalue weighted by atomic mass is 10.3. The van der Waals surface area contributed by atoms with E-state index in [4.69, 9.17) is 4.74 Å². The van der Waals surface area contributed by atoms with E-state index in [-0.39, 0.29) is 6.23 Å². The van der Waals surface area contributed by atoms with Gasteiger partial charge in [-0.15, -0.1) is 0 Å². The molecule has 15 heavy (non-hydrogen) atoms. The lowest BCUT2D eigenvalue weighted by molar-refractivity contribution is 0.260. The molecule has 0 aliphatic carbocycles. The van der Waals surface area contributed by atoms with Gasteiger partial charge in [-0.3, -0.25) is 0 Å². The molecule has 1 aromatic carbocycles. The zero-order valence-electron chi connectivity index (χ0n) is 7.87. The summed E-state index contributed by atoms with van der Waals surface area (Å²) in [6, 6.07) is 9.45. The highest BCUT2D eigenvalue weighted by atomic mass is 32.1. The number of hydrogen-bond donors (Lipinski definition) is 0. The Labute approximate surface area is 91.2 Å². The zero-order chi connectivity index (χ0) is 10.5. The van der Waals surface area contributed by atoms with E-state index in [1.54, 1.807) is 12.2 Å². The number of nitrogens with zero attached hydrogens (tertiary/aromatic N) is 1. The Hall–Kier alpha value is -1.68. The highest BCUT2D eigenvalue weighted by molar-refractivity contribution is 7.68. The van der Waals surface area contributed by atoms with Gasteiger partial charge in [-0.25, -0.2) is 9.20 Å². The maximum absolute atomic E-state index is 10.4. The Balaban J connectivity index is 2.05. The fraction of sp³-hybridized carbons (Fsp3) is 0.0909. The molecule has 0 amide bonds. The van der Waals surface area contributed by atoms with Gasteiger partial charge in [0.2, 0.25) is 6.23 Å². The lowest BCUT2D eigenvalue weighted by Crippen LogP contribution is -2.16. The standard InChI is InChI=1S/C11H9NO2S/c13-15-10-6-7-11(12-8-10)14-9-4-2-1-3-5-9/h1-8,11H. The van der Waals surface area contributed by atoms with Crippen LogP contribution in [0.25, 0.3) is 0 Å². The first-order valence-electron chi connectivity index (χ1n) is 4.48. The van der Waals surface area contributed by atoms with Crippen LogP contribution < -0.4 is 4.74 Å². The summed E-state index contributed by atoms with van der Waals surface area (Å²) >= 11 is 0.429. The van der Waals surface area contributed by atoms with E-state index in [2.05, 4.69) is 4.99 Å². The molecule has 1 unspecified atom stereocenters. The number of hydrogen-bond acceptors (Lipinski definition) is 3. The molecule has 2 rings (SSSR count). The molecule has 0 aromatic heterocycles. The Morgan fingerprint density at radius 3 is 2.67 bits per heavy atom. The van der Waals surface area contributed by atoms with Crippen molar-refractivity contribution >= 4 is 22.3 Å². The molecule has 0 radical (unpaired) electrons. The second-order valence-corrected chi connectivity index (χ2v) is 3.58. The Bertz CT molecular complexity index is 431. The number of aliphatic imine (C=N–C) groups is 1. The highest BCUT2D eigenvalue weighted by Gasteiger charge is 2.07. The van der Waals surface area contributed by atoms with E-state index < -0.39 is 0 Å². The van der Waals surface area contributed by atoms with E-state index in [1.165, 1.54) is 6.21 Å². The van der Waals surface area contributed by atoms with Crippen molar-refractivity contribution in [1.29, 1.82) is 0 Å². The molecule has 76 valence electrons.